The number of alkyl halides is 3. The highest BCUT2D eigenvalue weighted by Gasteiger charge is 2.33. The molecule has 0 unspecified atom stereocenters. The van der Waals surface area contributed by atoms with Gasteiger partial charge in [-0.25, -0.2) is 4.98 Å². The summed E-state index contributed by atoms with van der Waals surface area (Å²) < 4.78 is 41.6. The number of anilines is 1. The Balaban J connectivity index is 1.70. The van der Waals surface area contributed by atoms with E-state index in [1.54, 1.807) is 6.92 Å². The molecule has 0 bridgehead atoms. The molecule has 1 N–H and O–H groups in total. The van der Waals surface area contributed by atoms with Crippen LogP contribution in [-0.2, 0) is 6.42 Å². The standard InChI is InChI=1S/C21H17F3N2O3S/c1-13-18(16(27)12-11-14-7-3-2-4-8-14)30-20(25-13)26-19(28)15-9-5-6-10-17(15)29-21(22,23)24/h2-10H,11-12H2,1H3,(H,25,26,28). The molecule has 1 amide bonds. The van der Waals surface area contributed by atoms with E-state index in [0.717, 1.165) is 23.0 Å². The average molecular weight is 434 g/mol. The first kappa shape index (κ1) is 21.5. The summed E-state index contributed by atoms with van der Waals surface area (Å²) in [5, 5.41) is 2.57. The Morgan fingerprint density at radius 2 is 1.73 bits per heavy atom. The number of aryl methyl sites for hydroxylation is 2. The predicted octanol–water partition coefficient (Wildman–Crippen LogP) is 5.42. The van der Waals surface area contributed by atoms with Crippen LogP contribution in [0.2, 0.25) is 0 Å². The highest BCUT2D eigenvalue weighted by atomic mass is 32.1. The molecule has 0 aliphatic carbocycles. The topological polar surface area (TPSA) is 68.3 Å². The molecule has 9 heteroatoms. The summed E-state index contributed by atoms with van der Waals surface area (Å²) >= 11 is 0.989. The first-order chi connectivity index (χ1) is 14.2. The fourth-order valence-corrected chi connectivity index (χ4v) is 3.69. The first-order valence-corrected chi connectivity index (χ1v) is 9.75. The van der Waals surface area contributed by atoms with Gasteiger partial charge in [-0.15, -0.1) is 13.2 Å². The number of nitrogens with one attached hydrogen (secondary N) is 1. The van der Waals surface area contributed by atoms with E-state index in [9.17, 15) is 22.8 Å². The second-order valence-electron chi connectivity index (χ2n) is 6.34. The fraction of sp³-hybridized carbons (Fsp3) is 0.190. The molecule has 1 heterocycles. The summed E-state index contributed by atoms with van der Waals surface area (Å²) in [6.07, 6.45) is -4.07. The van der Waals surface area contributed by atoms with Crippen molar-refractivity contribution in [3.05, 3.63) is 76.3 Å². The number of nitrogens with zero attached hydrogens (tertiary/aromatic N) is 1. The maximum absolute atomic E-state index is 12.6. The van der Waals surface area contributed by atoms with Gasteiger partial charge in [0.25, 0.3) is 5.91 Å². The van der Waals surface area contributed by atoms with Gasteiger partial charge in [0.15, 0.2) is 10.9 Å². The van der Waals surface area contributed by atoms with Crippen molar-refractivity contribution in [2.75, 3.05) is 5.32 Å². The Labute approximate surface area is 174 Å². The van der Waals surface area contributed by atoms with Gasteiger partial charge >= 0.3 is 6.36 Å². The lowest BCUT2D eigenvalue weighted by Crippen LogP contribution is -2.20. The van der Waals surface area contributed by atoms with E-state index >= 15 is 0 Å². The monoisotopic (exact) mass is 434 g/mol. The number of carbonyl (C=O) groups is 2. The van der Waals surface area contributed by atoms with Crippen molar-refractivity contribution >= 4 is 28.2 Å². The smallest absolute Gasteiger partial charge is 0.405 e. The third kappa shape index (κ3) is 5.66. The van der Waals surface area contributed by atoms with Crippen LogP contribution in [0.3, 0.4) is 0 Å². The van der Waals surface area contributed by atoms with Crippen LogP contribution in [0.4, 0.5) is 18.3 Å². The van der Waals surface area contributed by atoms with E-state index in [2.05, 4.69) is 15.0 Å². The molecule has 3 aromatic rings. The summed E-state index contributed by atoms with van der Waals surface area (Å²) in [7, 11) is 0. The van der Waals surface area contributed by atoms with Gasteiger partial charge in [-0.1, -0.05) is 53.8 Å². The Bertz CT molecular complexity index is 1050. The van der Waals surface area contributed by atoms with Crippen molar-refractivity contribution in [1.29, 1.82) is 0 Å². The van der Waals surface area contributed by atoms with Crippen LogP contribution in [0, 0.1) is 6.92 Å². The second kappa shape index (κ2) is 9.08. The minimum atomic E-state index is -4.92. The Morgan fingerprint density at radius 1 is 1.07 bits per heavy atom. The van der Waals surface area contributed by atoms with Crippen LogP contribution in [0.25, 0.3) is 0 Å². The number of aromatic nitrogens is 1. The van der Waals surface area contributed by atoms with Crippen molar-refractivity contribution < 1.29 is 27.5 Å². The number of hydrogen-bond donors (Lipinski definition) is 1. The molecular formula is C21H17F3N2O3S. The molecule has 0 aliphatic rings. The van der Waals surface area contributed by atoms with Crippen LogP contribution in [0.5, 0.6) is 5.75 Å². The van der Waals surface area contributed by atoms with E-state index in [1.165, 1.54) is 18.2 Å². The van der Waals surface area contributed by atoms with E-state index < -0.39 is 18.0 Å². The zero-order valence-corrected chi connectivity index (χ0v) is 16.6. The second-order valence-corrected chi connectivity index (χ2v) is 7.34. The van der Waals surface area contributed by atoms with Gasteiger partial charge in [-0.05, 0) is 31.0 Å². The number of benzene rings is 2. The molecule has 0 radical (unpaired) electrons. The van der Waals surface area contributed by atoms with Crippen molar-refractivity contribution in [2.24, 2.45) is 0 Å². The lowest BCUT2D eigenvalue weighted by atomic mass is 10.1. The van der Waals surface area contributed by atoms with Gasteiger partial charge < -0.3 is 4.74 Å². The largest absolute Gasteiger partial charge is 0.573 e. The van der Waals surface area contributed by atoms with Crippen molar-refractivity contribution in [1.82, 2.24) is 4.98 Å². The maximum Gasteiger partial charge on any atom is 0.573 e. The highest BCUT2D eigenvalue weighted by Crippen LogP contribution is 2.29. The molecule has 0 atom stereocenters. The number of rotatable bonds is 7. The molecule has 2 aromatic carbocycles. The van der Waals surface area contributed by atoms with Gasteiger partial charge in [-0.2, -0.15) is 0 Å². The molecule has 0 spiro atoms. The Morgan fingerprint density at radius 3 is 2.43 bits per heavy atom. The lowest BCUT2D eigenvalue weighted by molar-refractivity contribution is -0.274. The van der Waals surface area contributed by atoms with Gasteiger partial charge in [0.2, 0.25) is 0 Å². The van der Waals surface area contributed by atoms with Crippen molar-refractivity contribution in [3.8, 4) is 5.75 Å². The van der Waals surface area contributed by atoms with E-state index in [4.69, 9.17) is 0 Å². The number of ketones is 1. The molecule has 1 aromatic heterocycles. The molecule has 0 aliphatic heterocycles. The molecule has 5 nitrogen and oxygen atoms in total. The molecule has 0 saturated carbocycles. The first-order valence-electron chi connectivity index (χ1n) is 8.93. The summed E-state index contributed by atoms with van der Waals surface area (Å²) in [5.41, 5.74) is 1.19. The molecule has 0 fully saturated rings. The van der Waals surface area contributed by atoms with Crippen LogP contribution >= 0.6 is 11.3 Å². The van der Waals surface area contributed by atoms with Crippen LogP contribution in [-0.4, -0.2) is 23.0 Å². The van der Waals surface area contributed by atoms with Gasteiger partial charge in [0.05, 0.1) is 16.1 Å². The van der Waals surface area contributed by atoms with Crippen molar-refractivity contribution in [2.45, 2.75) is 26.1 Å². The number of amides is 1. The number of carbonyl (C=O) groups excluding carboxylic acids is 2. The van der Waals surface area contributed by atoms with E-state index in [1.807, 2.05) is 30.3 Å². The van der Waals surface area contributed by atoms with Crippen molar-refractivity contribution in [3.63, 3.8) is 0 Å². The van der Waals surface area contributed by atoms with Crippen LogP contribution in [0.15, 0.2) is 54.6 Å². The zero-order chi connectivity index (χ0) is 21.7. The van der Waals surface area contributed by atoms with Crippen LogP contribution < -0.4 is 10.1 Å². The predicted molar refractivity (Wildman–Crippen MR) is 107 cm³/mol. The number of para-hydroxylation sites is 1. The summed E-state index contributed by atoms with van der Waals surface area (Å²) in [6.45, 7) is 1.64. The Kier molecular flexibility index (Phi) is 6.51. The number of thiazole rings is 1. The van der Waals surface area contributed by atoms with E-state index in [-0.39, 0.29) is 22.9 Å². The molecule has 156 valence electrons. The molecule has 0 saturated heterocycles. The molecule has 30 heavy (non-hydrogen) atoms. The van der Waals surface area contributed by atoms with Gasteiger partial charge in [-0.3, -0.25) is 14.9 Å². The molecular weight excluding hydrogens is 417 g/mol. The lowest BCUT2D eigenvalue weighted by Gasteiger charge is -2.12. The summed E-state index contributed by atoms with van der Waals surface area (Å²) in [6, 6.07) is 14.6. The number of hydrogen-bond acceptors (Lipinski definition) is 5. The third-order valence-corrected chi connectivity index (χ3v) is 5.23. The summed E-state index contributed by atoms with van der Waals surface area (Å²) in [4.78, 5) is 29.5. The average Bonchev–Trinajstić information content (AvgIpc) is 3.06. The minimum Gasteiger partial charge on any atom is -0.405 e. The SMILES string of the molecule is Cc1nc(NC(=O)c2ccccc2OC(F)(F)F)sc1C(=O)CCc1ccccc1. The Hall–Kier alpha value is -3.20. The highest BCUT2D eigenvalue weighted by molar-refractivity contribution is 7.17. The third-order valence-electron chi connectivity index (χ3n) is 4.11. The number of halogens is 3. The zero-order valence-electron chi connectivity index (χ0n) is 15.8. The van der Waals surface area contributed by atoms with Crippen LogP contribution in [0.1, 0.15) is 37.7 Å². The maximum atomic E-state index is 12.6. The van der Waals surface area contributed by atoms with Gasteiger partial charge in [0.1, 0.15) is 5.75 Å². The van der Waals surface area contributed by atoms with Gasteiger partial charge in [0, 0.05) is 6.42 Å². The van der Waals surface area contributed by atoms with E-state index in [0.29, 0.717) is 17.0 Å². The minimum absolute atomic E-state index is 0.116. The molecule has 3 rings (SSSR count). The fourth-order valence-electron chi connectivity index (χ4n) is 2.76. The summed E-state index contributed by atoms with van der Waals surface area (Å²) in [5.74, 6) is -1.54. The number of Topliss-reactive ketones (excluding diaryl/α,β-unsaturated/α-hetero) is 1. The quantitative estimate of drug-likeness (QED) is 0.505. The number of ether oxygens (including phenoxy) is 1. The normalized spacial score (nSPS) is 11.2.